The van der Waals surface area contributed by atoms with Crippen LogP contribution in [0.25, 0.3) is 10.9 Å². The van der Waals surface area contributed by atoms with Gasteiger partial charge in [-0.25, -0.2) is 4.39 Å². The van der Waals surface area contributed by atoms with Gasteiger partial charge < -0.3 is 9.30 Å². The fourth-order valence-corrected chi connectivity index (χ4v) is 2.23. The summed E-state index contributed by atoms with van der Waals surface area (Å²) < 4.78 is 20.6. The molecule has 19 heavy (non-hydrogen) atoms. The van der Waals surface area contributed by atoms with Crippen molar-refractivity contribution in [2.24, 2.45) is 7.05 Å². The average molecular weight is 255 g/mol. The summed E-state index contributed by atoms with van der Waals surface area (Å²) in [4.78, 5) is 0. The summed E-state index contributed by atoms with van der Waals surface area (Å²) >= 11 is 0. The Morgan fingerprint density at radius 3 is 2.58 bits per heavy atom. The zero-order chi connectivity index (χ0) is 13.2. The van der Waals surface area contributed by atoms with E-state index >= 15 is 0 Å². The number of rotatable bonds is 3. The fourth-order valence-electron chi connectivity index (χ4n) is 2.23. The normalized spacial score (nSPS) is 10.8. The maximum atomic E-state index is 12.8. The van der Waals surface area contributed by atoms with Crippen LogP contribution in [0.4, 0.5) is 4.39 Å². The molecule has 0 spiro atoms. The van der Waals surface area contributed by atoms with Crippen LogP contribution in [0.1, 0.15) is 5.56 Å². The van der Waals surface area contributed by atoms with Gasteiger partial charge in [0.25, 0.3) is 0 Å². The van der Waals surface area contributed by atoms with Gasteiger partial charge in [-0.05, 0) is 30.3 Å². The third-order valence-corrected chi connectivity index (χ3v) is 3.19. The Kier molecular flexibility index (Phi) is 2.95. The van der Waals surface area contributed by atoms with Gasteiger partial charge in [0.2, 0.25) is 0 Å². The summed E-state index contributed by atoms with van der Waals surface area (Å²) in [7, 11) is 2.02. The molecular formula is C16H14FNO. The van der Waals surface area contributed by atoms with Crippen molar-refractivity contribution < 1.29 is 9.13 Å². The number of benzene rings is 2. The second-order valence-corrected chi connectivity index (χ2v) is 4.52. The van der Waals surface area contributed by atoms with E-state index in [9.17, 15) is 4.39 Å². The van der Waals surface area contributed by atoms with Crippen LogP contribution in [0, 0.1) is 5.82 Å². The van der Waals surface area contributed by atoms with Crippen molar-refractivity contribution in [1.82, 2.24) is 4.57 Å². The zero-order valence-electron chi connectivity index (χ0n) is 10.6. The van der Waals surface area contributed by atoms with E-state index in [1.807, 2.05) is 19.2 Å². The van der Waals surface area contributed by atoms with Gasteiger partial charge in [-0.1, -0.05) is 18.2 Å². The van der Waals surface area contributed by atoms with Gasteiger partial charge >= 0.3 is 0 Å². The molecule has 0 N–H and O–H groups in total. The first-order chi connectivity index (χ1) is 9.24. The zero-order valence-corrected chi connectivity index (χ0v) is 10.6. The number of hydrogen-bond donors (Lipinski definition) is 0. The van der Waals surface area contributed by atoms with Gasteiger partial charge in [0.15, 0.2) is 0 Å². The molecule has 1 heterocycles. The molecule has 0 amide bonds. The lowest BCUT2D eigenvalue weighted by atomic mass is 10.2. The average Bonchev–Trinajstić information content (AvgIpc) is 2.76. The Morgan fingerprint density at radius 1 is 1.05 bits per heavy atom. The molecule has 0 unspecified atom stereocenters. The van der Waals surface area contributed by atoms with Crippen LogP contribution in [-0.4, -0.2) is 4.57 Å². The smallest absolute Gasteiger partial charge is 0.123 e. The quantitative estimate of drug-likeness (QED) is 0.692. The minimum absolute atomic E-state index is 0.252. The van der Waals surface area contributed by atoms with Crippen LogP contribution in [-0.2, 0) is 13.7 Å². The lowest BCUT2D eigenvalue weighted by Gasteiger charge is -2.04. The van der Waals surface area contributed by atoms with Crippen molar-refractivity contribution in [3.8, 4) is 5.75 Å². The highest BCUT2D eigenvalue weighted by Crippen LogP contribution is 2.22. The molecule has 0 aliphatic carbocycles. The molecular weight excluding hydrogens is 241 g/mol. The minimum atomic E-state index is -0.252. The van der Waals surface area contributed by atoms with Gasteiger partial charge in [0.05, 0.1) is 0 Å². The SMILES string of the molecule is Cn1cc(COc2ccc(F)cc2)c2ccccc21. The number of aryl methyl sites for hydroxylation is 1. The maximum Gasteiger partial charge on any atom is 0.123 e. The Morgan fingerprint density at radius 2 is 1.79 bits per heavy atom. The predicted molar refractivity (Wildman–Crippen MR) is 73.7 cm³/mol. The van der Waals surface area contributed by atoms with E-state index in [2.05, 4.69) is 22.9 Å². The van der Waals surface area contributed by atoms with E-state index in [1.165, 1.54) is 23.0 Å². The van der Waals surface area contributed by atoms with Gasteiger partial charge in [-0.15, -0.1) is 0 Å². The first-order valence-electron chi connectivity index (χ1n) is 6.15. The molecule has 0 saturated carbocycles. The van der Waals surface area contributed by atoms with Crippen LogP contribution < -0.4 is 4.74 Å². The van der Waals surface area contributed by atoms with Gasteiger partial charge in [-0.3, -0.25) is 0 Å². The number of ether oxygens (including phenoxy) is 1. The molecule has 0 aliphatic rings. The third kappa shape index (κ3) is 2.32. The lowest BCUT2D eigenvalue weighted by molar-refractivity contribution is 0.307. The van der Waals surface area contributed by atoms with Crippen LogP contribution in [0.2, 0.25) is 0 Å². The predicted octanol–water partition coefficient (Wildman–Crippen LogP) is 3.90. The molecule has 3 rings (SSSR count). The third-order valence-electron chi connectivity index (χ3n) is 3.19. The number of fused-ring (bicyclic) bond motifs is 1. The molecule has 0 aliphatic heterocycles. The summed E-state index contributed by atoms with van der Waals surface area (Å²) in [5.74, 6) is 0.423. The number of aromatic nitrogens is 1. The minimum Gasteiger partial charge on any atom is -0.489 e. The summed E-state index contributed by atoms with van der Waals surface area (Å²) in [5, 5.41) is 1.19. The van der Waals surface area contributed by atoms with E-state index in [0.717, 1.165) is 5.56 Å². The lowest BCUT2D eigenvalue weighted by Crippen LogP contribution is -1.94. The van der Waals surface area contributed by atoms with E-state index in [1.54, 1.807) is 12.1 Å². The molecule has 3 heteroatoms. The molecule has 2 aromatic carbocycles. The Balaban J connectivity index is 1.84. The fraction of sp³-hybridized carbons (Fsp3) is 0.125. The second kappa shape index (κ2) is 4.76. The Bertz CT molecular complexity index is 700. The van der Waals surface area contributed by atoms with Crippen molar-refractivity contribution in [1.29, 1.82) is 0 Å². The number of para-hydroxylation sites is 1. The van der Waals surface area contributed by atoms with E-state index < -0.39 is 0 Å². The van der Waals surface area contributed by atoms with Crippen molar-refractivity contribution >= 4 is 10.9 Å². The van der Waals surface area contributed by atoms with Crippen molar-refractivity contribution in [3.63, 3.8) is 0 Å². The molecule has 0 fully saturated rings. The highest BCUT2D eigenvalue weighted by Gasteiger charge is 2.06. The summed E-state index contributed by atoms with van der Waals surface area (Å²) in [5.41, 5.74) is 2.31. The van der Waals surface area contributed by atoms with Gasteiger partial charge in [0.1, 0.15) is 18.2 Å². The molecule has 0 bridgehead atoms. The first-order valence-corrected chi connectivity index (χ1v) is 6.15. The van der Waals surface area contributed by atoms with Gasteiger partial charge in [0, 0.05) is 29.7 Å². The van der Waals surface area contributed by atoms with Crippen molar-refractivity contribution in [3.05, 3.63) is 66.1 Å². The van der Waals surface area contributed by atoms with Crippen molar-refractivity contribution in [2.45, 2.75) is 6.61 Å². The second-order valence-electron chi connectivity index (χ2n) is 4.52. The summed E-state index contributed by atoms with van der Waals surface area (Å²) in [6, 6.07) is 14.3. The molecule has 2 nitrogen and oxygen atoms in total. The monoisotopic (exact) mass is 255 g/mol. The highest BCUT2D eigenvalue weighted by atomic mass is 19.1. The van der Waals surface area contributed by atoms with Crippen LogP contribution in [0.3, 0.4) is 0 Å². The molecule has 0 radical (unpaired) electrons. The van der Waals surface area contributed by atoms with Crippen LogP contribution >= 0.6 is 0 Å². The molecule has 3 aromatic rings. The summed E-state index contributed by atoms with van der Waals surface area (Å²) in [6.45, 7) is 0.479. The van der Waals surface area contributed by atoms with E-state index in [-0.39, 0.29) is 5.82 Å². The molecule has 96 valence electrons. The molecule has 0 saturated heterocycles. The van der Waals surface area contributed by atoms with E-state index in [0.29, 0.717) is 12.4 Å². The topological polar surface area (TPSA) is 14.2 Å². The molecule has 0 atom stereocenters. The largest absolute Gasteiger partial charge is 0.489 e. The van der Waals surface area contributed by atoms with Crippen LogP contribution in [0.15, 0.2) is 54.7 Å². The highest BCUT2D eigenvalue weighted by molar-refractivity contribution is 5.83. The number of halogens is 1. The Labute approximate surface area is 111 Å². The molecule has 1 aromatic heterocycles. The Hall–Kier alpha value is -2.29. The maximum absolute atomic E-state index is 12.8. The van der Waals surface area contributed by atoms with Crippen LogP contribution in [0.5, 0.6) is 5.75 Å². The first kappa shape index (κ1) is 11.8. The summed E-state index contributed by atoms with van der Waals surface area (Å²) in [6.07, 6.45) is 2.06. The standard InChI is InChI=1S/C16H14FNO/c1-18-10-12(15-4-2-3-5-16(15)18)11-19-14-8-6-13(17)7-9-14/h2-10H,11H2,1H3. The van der Waals surface area contributed by atoms with Crippen molar-refractivity contribution in [2.75, 3.05) is 0 Å². The number of hydrogen-bond acceptors (Lipinski definition) is 1. The van der Waals surface area contributed by atoms with E-state index in [4.69, 9.17) is 4.74 Å². The number of nitrogens with zero attached hydrogens (tertiary/aromatic N) is 1. The van der Waals surface area contributed by atoms with Gasteiger partial charge in [-0.2, -0.15) is 0 Å².